The zero-order chi connectivity index (χ0) is 25.0. The fourth-order valence-electron chi connectivity index (χ4n) is 4.29. The first-order valence-corrected chi connectivity index (χ1v) is 12.4. The first-order chi connectivity index (χ1) is 16.9. The molecule has 3 amide bonds. The molecule has 3 rings (SSSR count). The van der Waals surface area contributed by atoms with Gasteiger partial charge >= 0.3 is 7.12 Å². The van der Waals surface area contributed by atoms with Gasteiger partial charge in [-0.3, -0.25) is 14.4 Å². The van der Waals surface area contributed by atoms with Crippen molar-refractivity contribution in [2.45, 2.75) is 63.0 Å². The average molecular weight is 489 g/mol. The zero-order valence-electron chi connectivity index (χ0n) is 20.1. The van der Waals surface area contributed by atoms with Crippen molar-refractivity contribution in [3.63, 3.8) is 0 Å². The molecule has 192 valence electrons. The number of carbonyl (C=O) groups is 3. The summed E-state index contributed by atoms with van der Waals surface area (Å²) in [5.74, 6) is -2.28. The van der Waals surface area contributed by atoms with Crippen LogP contribution in [0, 0.1) is 0 Å². The van der Waals surface area contributed by atoms with Gasteiger partial charge in [0.2, 0.25) is 17.7 Å². The summed E-state index contributed by atoms with van der Waals surface area (Å²) in [5, 5.41) is 25.0. The Morgan fingerprint density at radius 3 is 2.46 bits per heavy atom. The molecule has 3 atom stereocenters. The molecular formula is C24H36BN3O7. The molecule has 1 aromatic rings. The maximum atomic E-state index is 13.1. The Morgan fingerprint density at radius 2 is 1.80 bits per heavy atom. The Labute approximate surface area is 206 Å². The number of ether oxygens (including phenoxy) is 2. The third-order valence-corrected chi connectivity index (χ3v) is 6.36. The fraction of sp³-hybridized carbons (Fsp3) is 0.625. The van der Waals surface area contributed by atoms with Gasteiger partial charge in [0.15, 0.2) is 0 Å². The SMILES string of the molecule is O=C(N[C@H](CC(=O)N1CCOCC1)C(=O)N[C@@H](CCCc1ccccc1)B(O)O)C1CCCCO1. The van der Waals surface area contributed by atoms with E-state index < -0.39 is 37.0 Å². The minimum atomic E-state index is -1.78. The normalized spacial score (nSPS) is 19.9. The van der Waals surface area contributed by atoms with Gasteiger partial charge in [-0.1, -0.05) is 30.3 Å². The summed E-state index contributed by atoms with van der Waals surface area (Å²) >= 11 is 0. The van der Waals surface area contributed by atoms with E-state index in [1.807, 2.05) is 30.3 Å². The molecule has 2 saturated heterocycles. The van der Waals surface area contributed by atoms with Crippen LogP contribution in [0.4, 0.5) is 0 Å². The predicted molar refractivity (Wildman–Crippen MR) is 129 cm³/mol. The number of rotatable bonds is 11. The van der Waals surface area contributed by atoms with Crippen LogP contribution in [0.1, 0.15) is 44.1 Å². The van der Waals surface area contributed by atoms with Gasteiger partial charge in [-0.15, -0.1) is 0 Å². The van der Waals surface area contributed by atoms with Crippen molar-refractivity contribution in [3.05, 3.63) is 35.9 Å². The summed E-state index contributed by atoms with van der Waals surface area (Å²) in [4.78, 5) is 40.3. The largest absolute Gasteiger partial charge is 0.475 e. The second-order valence-electron chi connectivity index (χ2n) is 9.02. The molecule has 0 aliphatic carbocycles. The molecule has 0 spiro atoms. The Balaban J connectivity index is 1.61. The highest BCUT2D eigenvalue weighted by Crippen LogP contribution is 2.14. The van der Waals surface area contributed by atoms with Crippen molar-refractivity contribution in [2.24, 2.45) is 0 Å². The molecule has 35 heavy (non-hydrogen) atoms. The van der Waals surface area contributed by atoms with Crippen molar-refractivity contribution in [2.75, 3.05) is 32.9 Å². The molecule has 1 aromatic carbocycles. The van der Waals surface area contributed by atoms with Gasteiger partial charge in [-0.05, 0) is 44.1 Å². The van der Waals surface area contributed by atoms with E-state index in [4.69, 9.17) is 9.47 Å². The van der Waals surface area contributed by atoms with Gasteiger partial charge in [-0.2, -0.15) is 0 Å². The number of hydrogen-bond acceptors (Lipinski definition) is 7. The third-order valence-electron chi connectivity index (χ3n) is 6.36. The van der Waals surface area contributed by atoms with Crippen molar-refractivity contribution in [1.82, 2.24) is 15.5 Å². The van der Waals surface area contributed by atoms with E-state index in [-0.39, 0.29) is 12.3 Å². The van der Waals surface area contributed by atoms with E-state index >= 15 is 0 Å². The Morgan fingerprint density at radius 1 is 1.06 bits per heavy atom. The summed E-state index contributed by atoms with van der Waals surface area (Å²) < 4.78 is 10.8. The van der Waals surface area contributed by atoms with Gasteiger partial charge in [-0.25, -0.2) is 0 Å². The Hall–Kier alpha value is -2.47. The lowest BCUT2D eigenvalue weighted by Crippen LogP contribution is -2.57. The number of benzene rings is 1. The highest BCUT2D eigenvalue weighted by Gasteiger charge is 2.33. The van der Waals surface area contributed by atoms with Crippen LogP contribution in [0.3, 0.4) is 0 Å². The summed E-state index contributed by atoms with van der Waals surface area (Å²) in [6.45, 7) is 2.16. The fourth-order valence-corrected chi connectivity index (χ4v) is 4.29. The lowest BCUT2D eigenvalue weighted by molar-refractivity contribution is -0.142. The lowest BCUT2D eigenvalue weighted by atomic mass is 9.76. The third kappa shape index (κ3) is 8.92. The highest BCUT2D eigenvalue weighted by atomic mass is 16.5. The first-order valence-electron chi connectivity index (χ1n) is 12.4. The molecule has 11 heteroatoms. The zero-order valence-corrected chi connectivity index (χ0v) is 20.1. The number of hydrogen-bond donors (Lipinski definition) is 4. The smallest absolute Gasteiger partial charge is 0.426 e. The molecule has 0 radical (unpaired) electrons. The van der Waals surface area contributed by atoms with Gasteiger partial charge in [0.25, 0.3) is 0 Å². The predicted octanol–water partition coefficient (Wildman–Crippen LogP) is -0.191. The average Bonchev–Trinajstić information content (AvgIpc) is 2.89. The maximum absolute atomic E-state index is 13.1. The van der Waals surface area contributed by atoms with Crippen LogP contribution >= 0.6 is 0 Å². The molecule has 2 heterocycles. The minimum Gasteiger partial charge on any atom is -0.426 e. The number of carbonyl (C=O) groups excluding carboxylic acids is 3. The number of nitrogens with one attached hydrogen (secondary N) is 2. The second-order valence-corrected chi connectivity index (χ2v) is 9.02. The van der Waals surface area contributed by atoms with E-state index in [9.17, 15) is 24.4 Å². The summed E-state index contributed by atoms with van der Waals surface area (Å²) in [6.07, 6.45) is 3.03. The summed E-state index contributed by atoms with van der Waals surface area (Å²) in [7, 11) is -1.78. The quantitative estimate of drug-likeness (QED) is 0.316. The van der Waals surface area contributed by atoms with E-state index in [0.29, 0.717) is 58.6 Å². The Bertz CT molecular complexity index is 783. The van der Waals surface area contributed by atoms with Crippen LogP contribution in [-0.4, -0.2) is 90.8 Å². The molecule has 4 N–H and O–H groups in total. The van der Waals surface area contributed by atoms with Crippen LogP contribution in [0.25, 0.3) is 0 Å². The van der Waals surface area contributed by atoms with Crippen LogP contribution in [-0.2, 0) is 30.3 Å². The number of nitrogens with zero attached hydrogens (tertiary/aromatic N) is 1. The van der Waals surface area contributed by atoms with E-state index in [0.717, 1.165) is 18.4 Å². The summed E-state index contributed by atoms with van der Waals surface area (Å²) in [5.41, 5.74) is 1.11. The molecule has 2 aliphatic heterocycles. The molecule has 0 bridgehead atoms. The van der Waals surface area contributed by atoms with Crippen LogP contribution < -0.4 is 10.6 Å². The monoisotopic (exact) mass is 489 g/mol. The molecule has 10 nitrogen and oxygen atoms in total. The van der Waals surface area contributed by atoms with Gasteiger partial charge in [0.1, 0.15) is 12.1 Å². The van der Waals surface area contributed by atoms with Crippen molar-refractivity contribution in [1.29, 1.82) is 0 Å². The molecular weight excluding hydrogens is 453 g/mol. The molecule has 2 aliphatic rings. The number of morpholine rings is 1. The topological polar surface area (TPSA) is 137 Å². The van der Waals surface area contributed by atoms with Crippen molar-refractivity contribution < 1.29 is 33.9 Å². The Kier molecular flexibility index (Phi) is 11.0. The first kappa shape index (κ1) is 27.1. The lowest BCUT2D eigenvalue weighted by Gasteiger charge is -2.30. The molecule has 0 aromatic heterocycles. The van der Waals surface area contributed by atoms with Crippen molar-refractivity contribution >= 4 is 24.8 Å². The molecule has 0 saturated carbocycles. The van der Waals surface area contributed by atoms with Gasteiger partial charge in [0.05, 0.1) is 25.6 Å². The van der Waals surface area contributed by atoms with E-state index in [1.165, 1.54) is 0 Å². The van der Waals surface area contributed by atoms with Gasteiger partial charge < -0.3 is 35.1 Å². The second kappa shape index (κ2) is 14.2. The van der Waals surface area contributed by atoms with Crippen molar-refractivity contribution in [3.8, 4) is 0 Å². The number of amides is 3. The summed E-state index contributed by atoms with van der Waals surface area (Å²) in [6, 6.07) is 8.61. The highest BCUT2D eigenvalue weighted by molar-refractivity contribution is 6.43. The van der Waals surface area contributed by atoms with Crippen LogP contribution in [0.5, 0.6) is 0 Å². The number of aryl methyl sites for hydroxylation is 1. The standard InChI is InChI=1S/C24H36BN3O7/c29-22(28-12-15-34-16-13-28)17-19(26-24(31)20-10-4-5-14-35-20)23(30)27-21(25(32)33)11-6-9-18-7-2-1-3-8-18/h1-3,7-8,19-21,32-33H,4-6,9-17H2,(H,26,31)(H,27,30)/t19-,20?,21+/m1/s1. The van der Waals surface area contributed by atoms with E-state index in [2.05, 4.69) is 10.6 Å². The maximum Gasteiger partial charge on any atom is 0.475 e. The minimum absolute atomic E-state index is 0.234. The van der Waals surface area contributed by atoms with Gasteiger partial charge in [0, 0.05) is 19.7 Å². The molecule has 2 fully saturated rings. The van der Waals surface area contributed by atoms with Crippen LogP contribution in [0.2, 0.25) is 0 Å². The molecule has 1 unspecified atom stereocenters. The van der Waals surface area contributed by atoms with E-state index in [1.54, 1.807) is 4.90 Å². The van der Waals surface area contributed by atoms with Crippen LogP contribution in [0.15, 0.2) is 30.3 Å².